The van der Waals surface area contributed by atoms with Crippen molar-refractivity contribution in [3.05, 3.63) is 45.2 Å². The summed E-state index contributed by atoms with van der Waals surface area (Å²) in [6.45, 7) is 2.58. The van der Waals surface area contributed by atoms with Crippen LogP contribution in [0.5, 0.6) is 0 Å². The lowest BCUT2D eigenvalue weighted by Gasteiger charge is -2.31. The number of hydrogen-bond acceptors (Lipinski definition) is 4. The Morgan fingerprint density at radius 1 is 1.33 bits per heavy atom. The zero-order valence-corrected chi connectivity index (χ0v) is 16.3. The molecule has 1 aromatic carbocycles. The highest BCUT2D eigenvalue weighted by Crippen LogP contribution is 2.38. The number of anilines is 1. The molecule has 4 rings (SSSR count). The molecule has 5 nitrogen and oxygen atoms in total. The minimum atomic E-state index is -0.557. The quantitative estimate of drug-likeness (QED) is 0.803. The monoisotopic (exact) mass is 387 g/mol. The number of halogens is 1. The number of hydrogen-bond donors (Lipinski definition) is 0. The summed E-state index contributed by atoms with van der Waals surface area (Å²) >= 11 is 1.62. The van der Waals surface area contributed by atoms with Crippen molar-refractivity contribution in [1.82, 2.24) is 9.88 Å². The van der Waals surface area contributed by atoms with Crippen LogP contribution in [-0.2, 0) is 11.2 Å². The summed E-state index contributed by atoms with van der Waals surface area (Å²) < 4.78 is 14.5. The van der Waals surface area contributed by atoms with Crippen molar-refractivity contribution in [2.75, 3.05) is 18.5 Å². The Hall–Kier alpha value is -2.28. The van der Waals surface area contributed by atoms with Crippen molar-refractivity contribution in [2.24, 2.45) is 0 Å². The zero-order chi connectivity index (χ0) is 19.1. The Kier molecular flexibility index (Phi) is 4.72. The molecule has 27 heavy (non-hydrogen) atoms. The van der Waals surface area contributed by atoms with E-state index < -0.39 is 5.82 Å². The van der Waals surface area contributed by atoms with Crippen molar-refractivity contribution in [3.63, 3.8) is 0 Å². The molecule has 0 saturated carbocycles. The Labute approximate surface area is 161 Å². The Balaban J connectivity index is 1.64. The number of carbonyl (C=O) groups excluding carboxylic acids is 2. The molecule has 0 N–H and O–H groups in total. The van der Waals surface area contributed by atoms with Gasteiger partial charge < -0.3 is 9.80 Å². The molecule has 2 aromatic rings. The van der Waals surface area contributed by atoms with Gasteiger partial charge in [-0.15, -0.1) is 11.3 Å². The third-order valence-corrected chi connectivity index (χ3v) is 6.50. The van der Waals surface area contributed by atoms with Gasteiger partial charge in [-0.1, -0.05) is 0 Å². The average molecular weight is 387 g/mol. The standard InChI is InChI=1S/C20H22FN3O2S/c1-12-22-16-5-3-6-17(19(16)27-12)23(2)20(26)14-11-13(8-9-15(14)21)24-10-4-7-18(24)25/h8-9,11,17H,3-7,10H2,1-2H3. The highest BCUT2D eigenvalue weighted by molar-refractivity contribution is 7.11. The predicted octanol–water partition coefficient (Wildman–Crippen LogP) is 3.87. The van der Waals surface area contributed by atoms with E-state index in [1.807, 2.05) is 6.92 Å². The molecule has 1 saturated heterocycles. The van der Waals surface area contributed by atoms with Gasteiger partial charge >= 0.3 is 0 Å². The van der Waals surface area contributed by atoms with Crippen LogP contribution in [0.15, 0.2) is 18.2 Å². The van der Waals surface area contributed by atoms with Crippen molar-refractivity contribution in [1.29, 1.82) is 0 Å². The summed E-state index contributed by atoms with van der Waals surface area (Å²) in [6.07, 6.45) is 4.02. The summed E-state index contributed by atoms with van der Waals surface area (Å²) in [5, 5.41) is 0.994. The molecule has 0 spiro atoms. The second-order valence-corrected chi connectivity index (χ2v) is 8.42. The van der Waals surface area contributed by atoms with Gasteiger partial charge in [0, 0.05) is 25.7 Å². The topological polar surface area (TPSA) is 53.5 Å². The van der Waals surface area contributed by atoms with E-state index >= 15 is 0 Å². The first-order chi connectivity index (χ1) is 13.0. The first-order valence-corrected chi connectivity index (χ1v) is 10.1. The first-order valence-electron chi connectivity index (χ1n) is 9.29. The summed E-state index contributed by atoms with van der Waals surface area (Å²) in [5.41, 5.74) is 1.67. The van der Waals surface area contributed by atoms with E-state index in [1.54, 1.807) is 34.3 Å². The second kappa shape index (κ2) is 7.03. The fraction of sp³-hybridized carbons (Fsp3) is 0.450. The number of amides is 2. The summed E-state index contributed by atoms with van der Waals surface area (Å²) in [4.78, 5) is 34.0. The van der Waals surface area contributed by atoms with Gasteiger partial charge in [-0.25, -0.2) is 9.37 Å². The number of thiazole rings is 1. The van der Waals surface area contributed by atoms with Crippen molar-refractivity contribution in [3.8, 4) is 0 Å². The lowest BCUT2D eigenvalue weighted by molar-refractivity contribution is -0.117. The molecule has 0 bridgehead atoms. The zero-order valence-electron chi connectivity index (χ0n) is 15.5. The molecule has 1 fully saturated rings. The maximum absolute atomic E-state index is 14.5. The van der Waals surface area contributed by atoms with E-state index in [2.05, 4.69) is 4.98 Å². The van der Waals surface area contributed by atoms with Gasteiger partial charge in [-0.2, -0.15) is 0 Å². The summed E-state index contributed by atoms with van der Waals surface area (Å²) in [6, 6.07) is 4.29. The molecule has 7 heteroatoms. The third kappa shape index (κ3) is 3.25. The molecule has 1 atom stereocenters. The van der Waals surface area contributed by atoms with Gasteiger partial charge in [0.15, 0.2) is 0 Å². The van der Waals surface area contributed by atoms with Gasteiger partial charge in [-0.3, -0.25) is 9.59 Å². The molecule has 1 unspecified atom stereocenters. The predicted molar refractivity (Wildman–Crippen MR) is 103 cm³/mol. The number of benzene rings is 1. The minimum Gasteiger partial charge on any atom is -0.334 e. The molecular formula is C20H22FN3O2S. The molecule has 2 amide bonds. The molecule has 1 aliphatic carbocycles. The number of aryl methyl sites for hydroxylation is 2. The Morgan fingerprint density at radius 2 is 2.15 bits per heavy atom. The maximum atomic E-state index is 14.5. The number of fused-ring (bicyclic) bond motifs is 1. The van der Waals surface area contributed by atoms with Crippen LogP contribution in [0.25, 0.3) is 0 Å². The smallest absolute Gasteiger partial charge is 0.257 e. The molecule has 0 radical (unpaired) electrons. The fourth-order valence-electron chi connectivity index (χ4n) is 3.99. The van der Waals surface area contributed by atoms with E-state index in [4.69, 9.17) is 0 Å². The van der Waals surface area contributed by atoms with Crippen LogP contribution < -0.4 is 4.90 Å². The lowest BCUT2D eigenvalue weighted by Crippen LogP contribution is -2.33. The van der Waals surface area contributed by atoms with Crippen molar-refractivity contribution < 1.29 is 14.0 Å². The van der Waals surface area contributed by atoms with Crippen LogP contribution in [0.3, 0.4) is 0 Å². The SMILES string of the molecule is Cc1nc2c(s1)C(N(C)C(=O)c1cc(N3CCCC3=O)ccc1F)CCC2. The molecule has 2 heterocycles. The highest BCUT2D eigenvalue weighted by Gasteiger charge is 2.31. The molecule has 2 aliphatic rings. The number of aromatic nitrogens is 1. The minimum absolute atomic E-state index is 0.0167. The van der Waals surface area contributed by atoms with Gasteiger partial charge in [0.1, 0.15) is 5.82 Å². The molecule has 1 aromatic heterocycles. The van der Waals surface area contributed by atoms with Crippen LogP contribution in [0, 0.1) is 12.7 Å². The number of carbonyl (C=O) groups is 2. The molecule has 142 valence electrons. The van der Waals surface area contributed by atoms with Gasteiger partial charge in [0.25, 0.3) is 5.91 Å². The number of rotatable bonds is 3. The molecule has 1 aliphatic heterocycles. The maximum Gasteiger partial charge on any atom is 0.257 e. The Morgan fingerprint density at radius 3 is 2.89 bits per heavy atom. The van der Waals surface area contributed by atoms with Gasteiger partial charge in [0.2, 0.25) is 5.91 Å². The van der Waals surface area contributed by atoms with E-state index in [0.29, 0.717) is 18.7 Å². The first kappa shape index (κ1) is 18.1. The highest BCUT2D eigenvalue weighted by atomic mass is 32.1. The van der Waals surface area contributed by atoms with Gasteiger partial charge in [0.05, 0.1) is 27.2 Å². The van der Waals surface area contributed by atoms with Crippen LogP contribution in [0.1, 0.15) is 57.7 Å². The van der Waals surface area contributed by atoms with E-state index in [9.17, 15) is 14.0 Å². The van der Waals surface area contributed by atoms with Gasteiger partial charge in [-0.05, 0) is 50.8 Å². The lowest BCUT2D eigenvalue weighted by atomic mass is 9.96. The van der Waals surface area contributed by atoms with Crippen LogP contribution in [0.4, 0.5) is 10.1 Å². The second-order valence-electron chi connectivity index (χ2n) is 7.18. The molecular weight excluding hydrogens is 365 g/mol. The third-order valence-electron chi connectivity index (χ3n) is 5.38. The summed E-state index contributed by atoms with van der Waals surface area (Å²) in [7, 11) is 1.73. The average Bonchev–Trinajstić information content (AvgIpc) is 3.25. The van der Waals surface area contributed by atoms with E-state index in [1.165, 1.54) is 12.1 Å². The van der Waals surface area contributed by atoms with Crippen molar-refractivity contribution in [2.45, 2.75) is 45.1 Å². The van der Waals surface area contributed by atoms with E-state index in [-0.39, 0.29) is 23.4 Å². The van der Waals surface area contributed by atoms with Crippen LogP contribution in [-0.4, -0.2) is 35.3 Å². The van der Waals surface area contributed by atoms with Crippen LogP contribution in [0.2, 0.25) is 0 Å². The fourth-order valence-corrected chi connectivity index (χ4v) is 5.14. The van der Waals surface area contributed by atoms with Crippen molar-refractivity contribution >= 4 is 28.8 Å². The normalized spacial score (nSPS) is 19.3. The summed E-state index contributed by atoms with van der Waals surface area (Å²) in [5.74, 6) is -0.894. The number of nitrogens with zero attached hydrogens (tertiary/aromatic N) is 3. The Bertz CT molecular complexity index is 911. The van der Waals surface area contributed by atoms with E-state index in [0.717, 1.165) is 41.3 Å². The van der Waals surface area contributed by atoms with Crippen LogP contribution >= 0.6 is 11.3 Å². The largest absolute Gasteiger partial charge is 0.334 e.